The number of halogens is 1. The lowest BCUT2D eigenvalue weighted by Gasteiger charge is -2.02. The van der Waals surface area contributed by atoms with Crippen LogP contribution in [0.1, 0.15) is 16.1 Å². The molecule has 25 heavy (non-hydrogen) atoms. The fourth-order valence-corrected chi connectivity index (χ4v) is 2.82. The van der Waals surface area contributed by atoms with Crippen LogP contribution in [0.4, 0.5) is 5.69 Å². The van der Waals surface area contributed by atoms with Crippen molar-refractivity contribution in [2.24, 2.45) is 10.2 Å². The van der Waals surface area contributed by atoms with Crippen molar-refractivity contribution in [3.8, 4) is 5.88 Å². The van der Waals surface area contributed by atoms with Gasteiger partial charge in [-0.05, 0) is 37.3 Å². The van der Waals surface area contributed by atoms with Crippen molar-refractivity contribution in [3.05, 3.63) is 64.9 Å². The molecule has 0 aliphatic heterocycles. The number of allylic oxidation sites excluding steroid dienone is 1. The predicted molar refractivity (Wildman–Crippen MR) is 99.3 cm³/mol. The molecule has 1 amide bonds. The molecule has 0 atom stereocenters. The number of benzene rings is 1. The number of hydrogen-bond donors (Lipinski definition) is 1. The summed E-state index contributed by atoms with van der Waals surface area (Å²) in [5.74, 6) is -0.585. The van der Waals surface area contributed by atoms with Crippen LogP contribution in [0.2, 0.25) is 0 Å². The molecule has 0 spiro atoms. The minimum Gasteiger partial charge on any atom is -0.493 e. The number of aromatic hydroxyl groups is 1. The number of nitrogens with zero attached hydrogens (tertiary/aromatic N) is 4. The maximum Gasteiger partial charge on any atom is 0.296 e. The van der Waals surface area contributed by atoms with E-state index in [1.807, 2.05) is 25.1 Å². The van der Waals surface area contributed by atoms with E-state index in [9.17, 15) is 9.90 Å². The summed E-state index contributed by atoms with van der Waals surface area (Å²) in [6, 6.07) is 8.91. The van der Waals surface area contributed by atoms with E-state index >= 15 is 0 Å². The average Bonchev–Trinajstić information content (AvgIpc) is 2.85. The number of carbonyl (C=O) groups excluding carboxylic acids is 1. The Balaban J connectivity index is 2.04. The number of carbonyl (C=O) groups is 1. The van der Waals surface area contributed by atoms with E-state index in [0.29, 0.717) is 17.5 Å². The first-order valence-electron chi connectivity index (χ1n) is 7.51. The first-order chi connectivity index (χ1) is 12.0. The summed E-state index contributed by atoms with van der Waals surface area (Å²) in [4.78, 5) is 16.2. The van der Waals surface area contributed by atoms with Crippen molar-refractivity contribution in [2.75, 3.05) is 0 Å². The molecular formula is C18H15BrN4O2. The van der Waals surface area contributed by atoms with E-state index in [1.54, 1.807) is 22.8 Å². The van der Waals surface area contributed by atoms with Gasteiger partial charge in [-0.2, -0.15) is 0 Å². The molecule has 0 fully saturated rings. The van der Waals surface area contributed by atoms with Gasteiger partial charge in [0.15, 0.2) is 5.69 Å². The Labute approximate surface area is 152 Å². The highest BCUT2D eigenvalue weighted by molar-refractivity contribution is 9.10. The summed E-state index contributed by atoms with van der Waals surface area (Å²) >= 11 is 3.40. The summed E-state index contributed by atoms with van der Waals surface area (Å²) < 4.78 is 2.49. The third kappa shape index (κ3) is 3.36. The molecule has 126 valence electrons. The molecule has 0 saturated carbocycles. The number of amides is 1. The van der Waals surface area contributed by atoms with Crippen LogP contribution in [-0.4, -0.2) is 20.6 Å². The zero-order chi connectivity index (χ0) is 18.0. The molecule has 1 N–H and O–H groups in total. The van der Waals surface area contributed by atoms with Crippen molar-refractivity contribution in [2.45, 2.75) is 13.5 Å². The minimum atomic E-state index is -0.522. The van der Waals surface area contributed by atoms with E-state index in [-0.39, 0.29) is 11.6 Å². The molecule has 0 unspecified atom stereocenters. The van der Waals surface area contributed by atoms with Crippen molar-refractivity contribution in [1.29, 1.82) is 0 Å². The smallest absolute Gasteiger partial charge is 0.296 e. The third-order valence-corrected chi connectivity index (χ3v) is 4.18. The van der Waals surface area contributed by atoms with Gasteiger partial charge in [0, 0.05) is 28.3 Å². The lowest BCUT2D eigenvalue weighted by Crippen LogP contribution is -1.95. The first-order valence-corrected chi connectivity index (χ1v) is 8.31. The van der Waals surface area contributed by atoms with Crippen molar-refractivity contribution in [3.63, 3.8) is 0 Å². The number of aryl methyl sites for hydroxylation is 1. The Kier molecular flexibility index (Phi) is 4.76. The number of azo groups is 1. The number of rotatable bonds is 4. The maximum atomic E-state index is 12.2. The molecule has 0 aliphatic carbocycles. The van der Waals surface area contributed by atoms with E-state index in [0.717, 1.165) is 15.7 Å². The SMILES string of the molecule is C=CCn1c(O)c(N=NC(=O)c2ccc(C)nc2)c2cc(Br)ccc21. The van der Waals surface area contributed by atoms with Crippen LogP contribution < -0.4 is 0 Å². The van der Waals surface area contributed by atoms with Crippen LogP contribution in [-0.2, 0) is 6.54 Å². The van der Waals surface area contributed by atoms with Gasteiger partial charge >= 0.3 is 0 Å². The molecule has 0 radical (unpaired) electrons. The highest BCUT2D eigenvalue weighted by Gasteiger charge is 2.17. The molecule has 0 saturated heterocycles. The Hall–Kier alpha value is -2.80. The molecule has 0 bridgehead atoms. The minimum absolute atomic E-state index is 0.0634. The van der Waals surface area contributed by atoms with Gasteiger partial charge in [-0.1, -0.05) is 22.0 Å². The van der Waals surface area contributed by atoms with Crippen LogP contribution in [0.5, 0.6) is 5.88 Å². The summed E-state index contributed by atoms with van der Waals surface area (Å²) in [5, 5.41) is 18.9. The summed E-state index contributed by atoms with van der Waals surface area (Å²) in [5.41, 5.74) is 2.17. The normalized spacial score (nSPS) is 11.3. The molecule has 3 aromatic rings. The Morgan fingerprint density at radius 3 is 2.88 bits per heavy atom. The molecule has 2 heterocycles. The second-order valence-corrected chi connectivity index (χ2v) is 6.34. The third-order valence-electron chi connectivity index (χ3n) is 3.68. The second-order valence-electron chi connectivity index (χ2n) is 5.43. The summed E-state index contributed by atoms with van der Waals surface area (Å²) in [6.07, 6.45) is 3.12. The standard InChI is InChI=1S/C18H15BrN4O2/c1-3-8-23-15-7-6-13(19)9-14(15)16(18(23)25)21-22-17(24)12-5-4-11(2)20-10-12/h3-7,9-10,25H,1,8H2,2H3. The van der Waals surface area contributed by atoms with E-state index in [2.05, 4.69) is 37.7 Å². The van der Waals surface area contributed by atoms with Crippen LogP contribution in [0.3, 0.4) is 0 Å². The Morgan fingerprint density at radius 1 is 1.40 bits per heavy atom. The second kappa shape index (κ2) is 6.98. The monoisotopic (exact) mass is 398 g/mol. The molecule has 1 aromatic carbocycles. The number of aromatic nitrogens is 2. The quantitative estimate of drug-likeness (QED) is 0.499. The summed E-state index contributed by atoms with van der Waals surface area (Å²) in [7, 11) is 0. The van der Waals surface area contributed by atoms with Gasteiger partial charge in [-0.25, -0.2) is 0 Å². The van der Waals surface area contributed by atoms with Gasteiger partial charge in [0.25, 0.3) is 5.91 Å². The lowest BCUT2D eigenvalue weighted by atomic mass is 10.2. The molecule has 6 nitrogen and oxygen atoms in total. The first kappa shape index (κ1) is 17.0. The molecule has 0 aliphatic rings. The molecule has 2 aromatic heterocycles. The Morgan fingerprint density at radius 2 is 2.20 bits per heavy atom. The predicted octanol–water partition coefficient (Wildman–Crippen LogP) is 4.92. The van der Waals surface area contributed by atoms with Crippen LogP contribution in [0.15, 0.2) is 63.9 Å². The van der Waals surface area contributed by atoms with Crippen molar-refractivity contribution < 1.29 is 9.90 Å². The highest BCUT2D eigenvalue weighted by Crippen LogP contribution is 2.40. The van der Waals surface area contributed by atoms with Crippen LogP contribution in [0.25, 0.3) is 10.9 Å². The highest BCUT2D eigenvalue weighted by atomic mass is 79.9. The van der Waals surface area contributed by atoms with Crippen LogP contribution in [0, 0.1) is 6.92 Å². The zero-order valence-corrected chi connectivity index (χ0v) is 15.1. The van der Waals surface area contributed by atoms with Gasteiger partial charge in [0.05, 0.1) is 11.1 Å². The Bertz CT molecular complexity index is 990. The number of pyridine rings is 1. The van der Waals surface area contributed by atoms with E-state index in [4.69, 9.17) is 0 Å². The topological polar surface area (TPSA) is 79.8 Å². The summed E-state index contributed by atoms with van der Waals surface area (Å²) in [6.45, 7) is 5.94. The van der Waals surface area contributed by atoms with Gasteiger partial charge < -0.3 is 9.67 Å². The van der Waals surface area contributed by atoms with Gasteiger partial charge in [-0.3, -0.25) is 9.78 Å². The molecule has 3 rings (SSSR count). The van der Waals surface area contributed by atoms with Crippen molar-refractivity contribution >= 4 is 38.4 Å². The van der Waals surface area contributed by atoms with Gasteiger partial charge in [0.1, 0.15) is 0 Å². The zero-order valence-electron chi connectivity index (χ0n) is 13.5. The number of fused-ring (bicyclic) bond motifs is 1. The maximum absolute atomic E-state index is 12.2. The van der Waals surface area contributed by atoms with Gasteiger partial charge in [-0.15, -0.1) is 16.8 Å². The fourth-order valence-electron chi connectivity index (χ4n) is 2.46. The van der Waals surface area contributed by atoms with Crippen LogP contribution >= 0.6 is 15.9 Å². The molecular weight excluding hydrogens is 384 g/mol. The number of hydrogen-bond acceptors (Lipinski definition) is 4. The fraction of sp³-hybridized carbons (Fsp3) is 0.111. The molecule has 7 heteroatoms. The van der Waals surface area contributed by atoms with Gasteiger partial charge in [0.2, 0.25) is 5.88 Å². The average molecular weight is 399 g/mol. The van der Waals surface area contributed by atoms with E-state index < -0.39 is 5.91 Å². The largest absolute Gasteiger partial charge is 0.493 e. The lowest BCUT2D eigenvalue weighted by molar-refractivity contribution is 0.0994. The van der Waals surface area contributed by atoms with Crippen molar-refractivity contribution in [1.82, 2.24) is 9.55 Å². The van der Waals surface area contributed by atoms with E-state index in [1.165, 1.54) is 6.20 Å².